The molecule has 4 nitrogen and oxygen atoms in total. The average Bonchev–Trinajstić information content (AvgIpc) is 1.92. The number of rotatable bonds is 12. The van der Waals surface area contributed by atoms with Gasteiger partial charge in [-0.25, -0.2) is 0 Å². The zero-order valence-electron chi connectivity index (χ0n) is 47.1. The summed E-state index contributed by atoms with van der Waals surface area (Å²) in [6.07, 6.45) is 13.2. The number of nitrogens with zero attached hydrogens (tertiary/aromatic N) is 4. The first-order chi connectivity index (χ1) is 40.7. The fraction of sp³-hybridized carbons (Fsp3) is 0.179. The van der Waals surface area contributed by atoms with Gasteiger partial charge in [0.25, 0.3) is 0 Å². The molecule has 12 aromatic carbocycles. The van der Waals surface area contributed by atoms with Crippen LogP contribution in [-0.4, -0.2) is 9.13 Å². The molecule has 2 aliphatic carbocycles. The second-order valence-electron chi connectivity index (χ2n) is 23.3. The van der Waals surface area contributed by atoms with E-state index < -0.39 is 0 Å². The first-order valence-corrected chi connectivity index (χ1v) is 30.4. The first kappa shape index (κ1) is 48.8. The summed E-state index contributed by atoms with van der Waals surface area (Å²) < 4.78 is 5.06. The highest BCUT2D eigenvalue weighted by molar-refractivity contribution is 6.30. The third kappa shape index (κ3) is 7.50. The third-order valence-electron chi connectivity index (χ3n) is 18.6. The molecule has 2 aromatic heterocycles. The van der Waals surface area contributed by atoms with E-state index in [1.807, 2.05) is 0 Å². The highest BCUT2D eigenvalue weighted by atomic mass is 15.2. The van der Waals surface area contributed by atoms with Crippen molar-refractivity contribution in [2.45, 2.75) is 90.9 Å². The fourth-order valence-corrected chi connectivity index (χ4v) is 15.2. The van der Waals surface area contributed by atoms with Crippen LogP contribution in [0.1, 0.15) is 85.8 Å². The Labute approximate surface area is 480 Å². The van der Waals surface area contributed by atoms with Crippen molar-refractivity contribution >= 4 is 110 Å². The van der Waals surface area contributed by atoms with Crippen molar-refractivity contribution in [3.8, 4) is 11.4 Å². The second-order valence-corrected chi connectivity index (χ2v) is 23.3. The van der Waals surface area contributed by atoms with Gasteiger partial charge in [0.1, 0.15) is 0 Å². The average molecular weight is 1060 g/mol. The first-order valence-electron chi connectivity index (χ1n) is 30.4. The Morgan fingerprint density at radius 2 is 0.695 bits per heavy atom. The molecule has 2 heterocycles. The van der Waals surface area contributed by atoms with Crippen LogP contribution in [0.2, 0.25) is 0 Å². The summed E-state index contributed by atoms with van der Waals surface area (Å²) in [5.74, 6) is 0. The zero-order valence-corrected chi connectivity index (χ0v) is 47.1. The van der Waals surface area contributed by atoms with Gasteiger partial charge in [-0.3, -0.25) is 0 Å². The zero-order chi connectivity index (χ0) is 54.4. The Morgan fingerprint density at radius 3 is 1.15 bits per heavy atom. The highest BCUT2D eigenvalue weighted by Crippen LogP contribution is 2.54. The molecule has 0 bridgehead atoms. The predicted molar refractivity (Wildman–Crippen MR) is 349 cm³/mol. The monoisotopic (exact) mass is 1060 g/mol. The van der Waals surface area contributed by atoms with Crippen LogP contribution in [0.4, 0.5) is 34.1 Å². The minimum Gasteiger partial charge on any atom is -0.307 e. The number of hydrogen-bond donors (Lipinski definition) is 0. The van der Waals surface area contributed by atoms with Crippen molar-refractivity contribution < 1.29 is 0 Å². The van der Waals surface area contributed by atoms with Gasteiger partial charge in [-0.15, -0.1) is 0 Å². The smallest absolute Gasteiger partial charge is 0.0782 e. The quantitative estimate of drug-likeness (QED) is 0.113. The lowest BCUT2D eigenvalue weighted by Crippen LogP contribution is -2.17. The molecule has 0 aliphatic heterocycles. The van der Waals surface area contributed by atoms with E-state index in [0.717, 1.165) is 51.4 Å². The van der Waals surface area contributed by atoms with Crippen LogP contribution in [0, 0.1) is 0 Å². The number of hydrogen-bond acceptors (Lipinski definition) is 2. The fourth-order valence-electron chi connectivity index (χ4n) is 15.2. The van der Waals surface area contributed by atoms with Crippen molar-refractivity contribution in [2.24, 2.45) is 0 Å². The molecule has 14 aromatic rings. The molecule has 0 amide bonds. The normalized spacial score (nSPS) is 13.5. The van der Waals surface area contributed by atoms with Gasteiger partial charge in [0.15, 0.2) is 0 Å². The molecule has 16 rings (SSSR count). The molecule has 0 radical (unpaired) electrons. The van der Waals surface area contributed by atoms with Crippen LogP contribution >= 0.6 is 0 Å². The molecule has 0 saturated carbocycles. The summed E-state index contributed by atoms with van der Waals surface area (Å²) in [5, 5.41) is 13.1. The second kappa shape index (κ2) is 19.8. The maximum absolute atomic E-state index is 2.72. The lowest BCUT2D eigenvalue weighted by atomic mass is 9.85. The summed E-state index contributed by atoms with van der Waals surface area (Å²) in [6, 6.07) is 83.8. The van der Waals surface area contributed by atoms with Crippen LogP contribution in [0.25, 0.3) is 87.3 Å². The van der Waals surface area contributed by atoms with Gasteiger partial charge in [-0.05, 0) is 192 Å². The van der Waals surface area contributed by atoms with Crippen LogP contribution < -0.4 is 9.80 Å². The van der Waals surface area contributed by atoms with Gasteiger partial charge in [0, 0.05) is 55.1 Å². The lowest BCUT2D eigenvalue weighted by Gasteiger charge is -2.34. The molecule has 398 valence electrons. The summed E-state index contributed by atoms with van der Waals surface area (Å²) in [4.78, 5) is 5.44. The molecule has 0 atom stereocenters. The van der Waals surface area contributed by atoms with E-state index in [1.165, 1.54) is 180 Å². The van der Waals surface area contributed by atoms with E-state index >= 15 is 0 Å². The molecule has 82 heavy (non-hydrogen) atoms. The van der Waals surface area contributed by atoms with Gasteiger partial charge in [0.05, 0.1) is 44.8 Å². The molecule has 4 heteroatoms. The van der Waals surface area contributed by atoms with E-state index in [-0.39, 0.29) is 0 Å². The lowest BCUT2D eigenvalue weighted by molar-refractivity contribution is 0.686. The van der Waals surface area contributed by atoms with Crippen LogP contribution in [0.5, 0.6) is 0 Å². The number of anilines is 6. The number of para-hydroxylation sites is 6. The van der Waals surface area contributed by atoms with E-state index in [9.17, 15) is 0 Å². The minimum atomic E-state index is 0.972. The maximum Gasteiger partial charge on any atom is 0.0782 e. The largest absolute Gasteiger partial charge is 0.307 e. The van der Waals surface area contributed by atoms with Gasteiger partial charge in [-0.2, -0.15) is 0 Å². The van der Waals surface area contributed by atoms with Gasteiger partial charge in [-0.1, -0.05) is 172 Å². The number of fused-ring (bicyclic) bond motifs is 8. The Morgan fingerprint density at radius 1 is 0.317 bits per heavy atom. The minimum absolute atomic E-state index is 0.972. The molecule has 0 saturated heterocycles. The van der Waals surface area contributed by atoms with E-state index in [0.29, 0.717) is 0 Å². The van der Waals surface area contributed by atoms with Crippen molar-refractivity contribution in [2.75, 3.05) is 9.80 Å². The molecule has 0 unspecified atom stereocenters. The summed E-state index contributed by atoms with van der Waals surface area (Å²) in [5.41, 5.74) is 23.4. The van der Waals surface area contributed by atoms with Crippen LogP contribution in [0.3, 0.4) is 0 Å². The van der Waals surface area contributed by atoms with Crippen LogP contribution in [-0.2, 0) is 38.5 Å². The molecule has 0 spiro atoms. The molecule has 2 aliphatic rings. The van der Waals surface area contributed by atoms with Crippen molar-refractivity contribution in [3.05, 3.63) is 252 Å². The number of benzene rings is 12. The Balaban J connectivity index is 1.04. The molecule has 0 fully saturated rings. The van der Waals surface area contributed by atoms with Gasteiger partial charge in [0.2, 0.25) is 0 Å². The number of aryl methyl sites for hydroxylation is 4. The summed E-state index contributed by atoms with van der Waals surface area (Å²) >= 11 is 0. The van der Waals surface area contributed by atoms with Gasteiger partial charge >= 0.3 is 0 Å². The van der Waals surface area contributed by atoms with Crippen molar-refractivity contribution in [1.29, 1.82) is 0 Å². The predicted octanol–water partition coefficient (Wildman–Crippen LogP) is 21.4. The topological polar surface area (TPSA) is 16.3 Å². The Hall–Kier alpha value is -9.12. The maximum atomic E-state index is 2.72. The summed E-state index contributed by atoms with van der Waals surface area (Å²) in [6.45, 7) is 4.71. The van der Waals surface area contributed by atoms with E-state index in [4.69, 9.17) is 0 Å². The van der Waals surface area contributed by atoms with Crippen molar-refractivity contribution in [3.63, 3.8) is 0 Å². The van der Waals surface area contributed by atoms with Crippen molar-refractivity contribution in [1.82, 2.24) is 9.13 Å². The summed E-state index contributed by atoms with van der Waals surface area (Å²) in [7, 11) is 0. The third-order valence-corrected chi connectivity index (χ3v) is 18.6. The Bertz CT molecular complexity index is 4480. The van der Waals surface area contributed by atoms with E-state index in [1.54, 1.807) is 0 Å². The highest BCUT2D eigenvalue weighted by Gasteiger charge is 2.31. The van der Waals surface area contributed by atoms with E-state index in [2.05, 4.69) is 251 Å². The SMILES string of the molecule is CCCc1cc(N(c2cccc3c2CCCC3)c2cccc3c4ccccc4n(-c4ccccc4)c23)c2ccc3c(CCC)cc(N(c4cccc5c4CCCC5)c4cccc5c6ccccc6n(-c6ccccc6)c45)c4ccc1c2c34. The Kier molecular flexibility index (Phi) is 11.8. The molecular weight excluding hydrogens is 993 g/mol. The number of aromatic nitrogens is 2. The molecule has 0 N–H and O–H groups in total. The molecular formula is C78H66N4. The standard InChI is InChI=1S/C78H66N4/c1-3-23-53-49-73(81(67-41-19-27-51-25-11-13-33-57(51)67)71-43-21-37-63-61-35-15-17-39-69(61)79(77(63)71)55-29-7-5-8-30-55)65-48-46-60-54(24-4-2)50-74(66-47-45-59(53)75(65)76(60)66)82(68-42-20-28-52-26-12-14-34-58(52)68)72-44-22-38-64-62-36-16-18-40-70(62)80(78(64)72)56-31-9-6-10-32-56/h5-10,15-22,27-32,35-50H,3-4,11-14,23-26,33-34H2,1-2H3. The van der Waals surface area contributed by atoms with Crippen LogP contribution in [0.15, 0.2) is 218 Å². The van der Waals surface area contributed by atoms with Gasteiger partial charge < -0.3 is 18.9 Å².